The van der Waals surface area contributed by atoms with Crippen LogP contribution in [0.15, 0.2) is 66.7 Å². The highest BCUT2D eigenvalue weighted by Gasteiger charge is 2.17. The summed E-state index contributed by atoms with van der Waals surface area (Å²) in [4.78, 5) is 17.7. The molecule has 140 valence electrons. The predicted octanol–water partition coefficient (Wildman–Crippen LogP) is 5.27. The van der Waals surface area contributed by atoms with E-state index in [-0.39, 0.29) is 12.5 Å². The zero-order chi connectivity index (χ0) is 19.7. The second-order valence-corrected chi connectivity index (χ2v) is 7.12. The van der Waals surface area contributed by atoms with Gasteiger partial charge in [-0.15, -0.1) is 0 Å². The lowest BCUT2D eigenvalue weighted by Gasteiger charge is -2.13. The lowest BCUT2D eigenvalue weighted by Crippen LogP contribution is -2.20. The molecule has 0 unspecified atom stereocenters. The van der Waals surface area contributed by atoms with Gasteiger partial charge in [0.2, 0.25) is 5.91 Å². The predicted molar refractivity (Wildman–Crippen MR) is 114 cm³/mol. The summed E-state index contributed by atoms with van der Waals surface area (Å²) < 4.78 is 2.00. The van der Waals surface area contributed by atoms with Gasteiger partial charge in [-0.3, -0.25) is 4.79 Å². The second-order valence-electron chi connectivity index (χ2n) is 7.12. The number of aromatic nitrogens is 2. The van der Waals surface area contributed by atoms with Crippen molar-refractivity contribution in [3.63, 3.8) is 0 Å². The molecule has 4 nitrogen and oxygen atoms in total. The van der Waals surface area contributed by atoms with Crippen LogP contribution in [0.3, 0.4) is 0 Å². The molecule has 0 spiro atoms. The van der Waals surface area contributed by atoms with Gasteiger partial charge in [0.25, 0.3) is 0 Å². The van der Waals surface area contributed by atoms with Crippen molar-refractivity contribution in [2.24, 2.45) is 0 Å². The number of rotatable bonds is 4. The largest absolute Gasteiger partial charge is 0.324 e. The Morgan fingerprint density at radius 2 is 1.61 bits per heavy atom. The molecule has 1 amide bonds. The van der Waals surface area contributed by atoms with Gasteiger partial charge in [-0.25, -0.2) is 4.98 Å². The van der Waals surface area contributed by atoms with Crippen LogP contribution in [0.4, 0.5) is 5.69 Å². The number of hydrogen-bond donors (Lipinski definition) is 1. The Balaban J connectivity index is 1.73. The van der Waals surface area contributed by atoms with E-state index in [2.05, 4.69) is 24.4 Å². The van der Waals surface area contributed by atoms with Crippen LogP contribution in [0, 0.1) is 20.8 Å². The first-order valence-corrected chi connectivity index (χ1v) is 9.42. The van der Waals surface area contributed by atoms with E-state index in [1.54, 1.807) is 0 Å². The Kier molecular flexibility index (Phi) is 4.70. The molecule has 4 rings (SSSR count). The molecule has 0 aliphatic carbocycles. The molecule has 4 aromatic rings. The fraction of sp³-hybridized carbons (Fsp3) is 0.167. The number of aryl methyl sites for hydroxylation is 2. The average molecular weight is 369 g/mol. The molecule has 1 N–H and O–H groups in total. The van der Waals surface area contributed by atoms with Crippen molar-refractivity contribution >= 4 is 22.6 Å². The second kappa shape index (κ2) is 7.31. The maximum Gasteiger partial charge on any atom is 0.244 e. The van der Waals surface area contributed by atoms with E-state index in [4.69, 9.17) is 4.98 Å². The third-order valence-corrected chi connectivity index (χ3v) is 5.22. The van der Waals surface area contributed by atoms with Crippen LogP contribution < -0.4 is 5.32 Å². The molecule has 1 heterocycles. The van der Waals surface area contributed by atoms with E-state index in [9.17, 15) is 4.79 Å². The Morgan fingerprint density at radius 3 is 2.43 bits per heavy atom. The maximum absolute atomic E-state index is 12.9. The van der Waals surface area contributed by atoms with Crippen molar-refractivity contribution in [2.75, 3.05) is 5.32 Å². The van der Waals surface area contributed by atoms with Crippen LogP contribution in [0.1, 0.15) is 16.7 Å². The van der Waals surface area contributed by atoms with Crippen molar-refractivity contribution in [1.29, 1.82) is 0 Å². The van der Waals surface area contributed by atoms with Crippen LogP contribution in [-0.4, -0.2) is 15.5 Å². The number of carbonyl (C=O) groups excluding carboxylic acids is 1. The molecule has 0 atom stereocenters. The van der Waals surface area contributed by atoms with E-state index < -0.39 is 0 Å². The molecule has 1 aromatic heterocycles. The molecule has 28 heavy (non-hydrogen) atoms. The van der Waals surface area contributed by atoms with Gasteiger partial charge in [0.05, 0.1) is 11.0 Å². The maximum atomic E-state index is 12.9. The summed E-state index contributed by atoms with van der Waals surface area (Å²) in [6.45, 7) is 6.34. The Labute approximate surface area is 164 Å². The molecule has 0 fully saturated rings. The Bertz CT molecular complexity index is 1170. The van der Waals surface area contributed by atoms with Gasteiger partial charge < -0.3 is 9.88 Å². The normalized spacial score (nSPS) is 11.0. The van der Waals surface area contributed by atoms with Gasteiger partial charge in [-0.1, -0.05) is 48.5 Å². The van der Waals surface area contributed by atoms with Crippen molar-refractivity contribution in [3.05, 3.63) is 83.4 Å². The zero-order valence-electron chi connectivity index (χ0n) is 16.4. The van der Waals surface area contributed by atoms with Gasteiger partial charge >= 0.3 is 0 Å². The van der Waals surface area contributed by atoms with E-state index in [0.717, 1.165) is 44.8 Å². The number of imidazole rings is 1. The minimum absolute atomic E-state index is 0.0633. The van der Waals surface area contributed by atoms with Gasteiger partial charge in [0.1, 0.15) is 12.4 Å². The first kappa shape index (κ1) is 18.0. The lowest BCUT2D eigenvalue weighted by molar-refractivity contribution is -0.116. The molecule has 0 bridgehead atoms. The molecule has 3 aromatic carbocycles. The molecule has 0 radical (unpaired) electrons. The van der Waals surface area contributed by atoms with Crippen molar-refractivity contribution in [1.82, 2.24) is 9.55 Å². The lowest BCUT2D eigenvalue weighted by atomic mass is 10.1. The fourth-order valence-corrected chi connectivity index (χ4v) is 3.48. The number of para-hydroxylation sites is 2. The summed E-state index contributed by atoms with van der Waals surface area (Å²) in [6, 6.07) is 22.0. The van der Waals surface area contributed by atoms with Crippen molar-refractivity contribution in [2.45, 2.75) is 27.3 Å². The summed E-state index contributed by atoms with van der Waals surface area (Å²) in [5.41, 5.74) is 7.12. The van der Waals surface area contributed by atoms with Gasteiger partial charge in [-0.05, 0) is 55.7 Å². The minimum atomic E-state index is -0.0633. The van der Waals surface area contributed by atoms with Crippen LogP contribution in [0.5, 0.6) is 0 Å². The molecule has 0 aliphatic rings. The number of fused-ring (bicyclic) bond motifs is 1. The number of hydrogen-bond acceptors (Lipinski definition) is 2. The summed E-state index contributed by atoms with van der Waals surface area (Å²) in [6.07, 6.45) is 0. The minimum Gasteiger partial charge on any atom is -0.324 e. The third kappa shape index (κ3) is 3.29. The van der Waals surface area contributed by atoms with Gasteiger partial charge in [0, 0.05) is 11.3 Å². The smallest absolute Gasteiger partial charge is 0.244 e. The Hall–Kier alpha value is -3.40. The molecular formula is C24H23N3O. The van der Waals surface area contributed by atoms with E-state index in [1.807, 2.05) is 73.0 Å². The standard InChI is InChI=1S/C24H23N3O/c1-16-10-8-13-20(18(16)3)25-23(28)15-27-22-14-7-6-12-21(22)26-24(27)19-11-5-4-9-17(19)2/h4-14H,15H2,1-3H3,(H,25,28). The monoisotopic (exact) mass is 369 g/mol. The average Bonchev–Trinajstić information content (AvgIpc) is 3.04. The number of carbonyl (C=O) groups is 1. The van der Waals surface area contributed by atoms with Gasteiger partial charge in [-0.2, -0.15) is 0 Å². The summed E-state index contributed by atoms with van der Waals surface area (Å²) in [5, 5.41) is 3.06. The highest BCUT2D eigenvalue weighted by molar-refractivity contribution is 5.93. The summed E-state index contributed by atoms with van der Waals surface area (Å²) in [5.74, 6) is 0.752. The molecular weight excluding hydrogens is 346 g/mol. The fourth-order valence-electron chi connectivity index (χ4n) is 3.48. The van der Waals surface area contributed by atoms with Crippen LogP contribution >= 0.6 is 0 Å². The molecule has 4 heteroatoms. The zero-order valence-corrected chi connectivity index (χ0v) is 16.4. The van der Waals surface area contributed by atoms with Crippen molar-refractivity contribution in [3.8, 4) is 11.4 Å². The van der Waals surface area contributed by atoms with E-state index in [0.29, 0.717) is 0 Å². The van der Waals surface area contributed by atoms with Crippen LogP contribution in [-0.2, 0) is 11.3 Å². The van der Waals surface area contributed by atoms with Crippen LogP contribution in [0.2, 0.25) is 0 Å². The highest BCUT2D eigenvalue weighted by atomic mass is 16.1. The topological polar surface area (TPSA) is 46.9 Å². The summed E-state index contributed by atoms with van der Waals surface area (Å²) in [7, 11) is 0. The van der Waals surface area contributed by atoms with E-state index >= 15 is 0 Å². The van der Waals surface area contributed by atoms with Gasteiger partial charge in [0.15, 0.2) is 0 Å². The first-order valence-electron chi connectivity index (χ1n) is 9.42. The molecule has 0 aliphatic heterocycles. The molecule has 0 saturated heterocycles. The number of benzene rings is 3. The molecule has 0 saturated carbocycles. The number of nitrogens with one attached hydrogen (secondary N) is 1. The summed E-state index contributed by atoms with van der Waals surface area (Å²) >= 11 is 0. The number of nitrogens with zero attached hydrogens (tertiary/aromatic N) is 2. The van der Waals surface area contributed by atoms with E-state index in [1.165, 1.54) is 0 Å². The Morgan fingerprint density at radius 1 is 0.893 bits per heavy atom. The SMILES string of the molecule is Cc1ccccc1-c1nc2ccccc2n1CC(=O)Nc1cccc(C)c1C. The first-order chi connectivity index (χ1) is 13.5. The van der Waals surface area contributed by atoms with Crippen LogP contribution in [0.25, 0.3) is 22.4 Å². The quantitative estimate of drug-likeness (QED) is 0.533. The van der Waals surface area contributed by atoms with Crippen molar-refractivity contribution < 1.29 is 4.79 Å². The number of anilines is 1. The third-order valence-electron chi connectivity index (χ3n) is 5.22. The number of amides is 1. The highest BCUT2D eigenvalue weighted by Crippen LogP contribution is 2.27.